The van der Waals surface area contributed by atoms with Gasteiger partial charge in [0.2, 0.25) is 5.91 Å². The molecule has 2 aliphatic carbocycles. The van der Waals surface area contributed by atoms with E-state index in [1.165, 1.54) is 11.1 Å². The third-order valence-corrected chi connectivity index (χ3v) is 5.02. The molecule has 1 fully saturated rings. The van der Waals surface area contributed by atoms with Crippen LogP contribution >= 0.6 is 0 Å². The smallest absolute Gasteiger partial charge is 0.307 e. The van der Waals surface area contributed by atoms with Crippen LogP contribution in [0.3, 0.4) is 0 Å². The van der Waals surface area contributed by atoms with Crippen molar-refractivity contribution in [1.29, 1.82) is 0 Å². The summed E-state index contributed by atoms with van der Waals surface area (Å²) in [5, 5.41) is 12.1. The maximum absolute atomic E-state index is 12.3. The van der Waals surface area contributed by atoms with E-state index in [-0.39, 0.29) is 23.3 Å². The number of carboxylic acid groups (broad SMARTS) is 1. The Morgan fingerprint density at radius 3 is 2.48 bits per heavy atom. The van der Waals surface area contributed by atoms with Gasteiger partial charge < -0.3 is 10.4 Å². The first kappa shape index (κ1) is 14.1. The first-order valence-corrected chi connectivity index (χ1v) is 7.53. The first-order chi connectivity index (χ1) is 9.90. The number of hydrogen-bond donors (Lipinski definition) is 2. The third kappa shape index (κ3) is 2.33. The molecule has 3 rings (SSSR count). The van der Waals surface area contributed by atoms with E-state index in [1.54, 1.807) is 0 Å². The van der Waals surface area contributed by atoms with Crippen molar-refractivity contribution in [2.75, 3.05) is 0 Å². The van der Waals surface area contributed by atoms with Crippen LogP contribution in [0, 0.1) is 11.8 Å². The quantitative estimate of drug-likeness (QED) is 0.898. The lowest BCUT2D eigenvalue weighted by Gasteiger charge is -2.33. The van der Waals surface area contributed by atoms with Gasteiger partial charge in [0.15, 0.2) is 0 Å². The number of carbonyl (C=O) groups excluding carboxylic acids is 1. The number of fused-ring (bicyclic) bond motifs is 1. The minimum Gasteiger partial charge on any atom is -0.481 e. The number of rotatable bonds is 3. The lowest BCUT2D eigenvalue weighted by atomic mass is 9.73. The van der Waals surface area contributed by atoms with Crippen LogP contribution < -0.4 is 5.32 Å². The summed E-state index contributed by atoms with van der Waals surface area (Å²) in [6.07, 6.45) is 2.16. The summed E-state index contributed by atoms with van der Waals surface area (Å²) in [5.41, 5.74) is 2.49. The van der Waals surface area contributed by atoms with Gasteiger partial charge in [0.25, 0.3) is 0 Å². The van der Waals surface area contributed by atoms with Crippen LogP contribution in [0.25, 0.3) is 0 Å². The summed E-state index contributed by atoms with van der Waals surface area (Å²) in [6.45, 7) is 4.36. The Hall–Kier alpha value is -1.84. The number of carboxylic acids is 1. The van der Waals surface area contributed by atoms with Crippen LogP contribution in [0.2, 0.25) is 0 Å². The molecule has 2 aliphatic rings. The van der Waals surface area contributed by atoms with Crippen LogP contribution in [-0.4, -0.2) is 17.0 Å². The molecule has 1 aromatic rings. The largest absolute Gasteiger partial charge is 0.481 e. The molecule has 3 unspecified atom stereocenters. The molecule has 0 radical (unpaired) electrons. The van der Waals surface area contributed by atoms with Gasteiger partial charge in [-0.3, -0.25) is 9.59 Å². The van der Waals surface area contributed by atoms with E-state index in [0.29, 0.717) is 12.8 Å². The van der Waals surface area contributed by atoms with Crippen molar-refractivity contribution < 1.29 is 14.7 Å². The number of aliphatic carboxylic acids is 1. The van der Waals surface area contributed by atoms with Crippen LogP contribution in [-0.2, 0) is 15.0 Å². The monoisotopic (exact) mass is 287 g/mol. The highest BCUT2D eigenvalue weighted by molar-refractivity contribution is 5.86. The number of hydrogen-bond acceptors (Lipinski definition) is 2. The Kier molecular flexibility index (Phi) is 3.27. The van der Waals surface area contributed by atoms with Crippen LogP contribution in [0.15, 0.2) is 24.3 Å². The van der Waals surface area contributed by atoms with Gasteiger partial charge in [0.05, 0.1) is 17.9 Å². The fraction of sp³-hybridized carbons (Fsp3) is 0.529. The molecule has 112 valence electrons. The highest BCUT2D eigenvalue weighted by Gasteiger charge is 2.43. The molecule has 0 aliphatic heterocycles. The van der Waals surface area contributed by atoms with Gasteiger partial charge in [0.1, 0.15) is 0 Å². The molecule has 4 heteroatoms. The zero-order chi connectivity index (χ0) is 15.2. The predicted octanol–water partition coefficient (Wildman–Crippen LogP) is 2.64. The number of carbonyl (C=O) groups is 2. The minimum absolute atomic E-state index is 0.00116. The lowest BCUT2D eigenvalue weighted by Crippen LogP contribution is -2.45. The summed E-state index contributed by atoms with van der Waals surface area (Å²) in [6, 6.07) is 8.19. The van der Waals surface area contributed by atoms with Gasteiger partial charge in [-0.1, -0.05) is 38.1 Å². The lowest BCUT2D eigenvalue weighted by molar-refractivity contribution is -0.153. The highest BCUT2D eigenvalue weighted by atomic mass is 16.4. The molecule has 2 N–H and O–H groups in total. The molecule has 0 heterocycles. The van der Waals surface area contributed by atoms with E-state index in [9.17, 15) is 9.59 Å². The fourth-order valence-electron chi connectivity index (χ4n) is 3.66. The summed E-state index contributed by atoms with van der Waals surface area (Å²) < 4.78 is 0. The van der Waals surface area contributed by atoms with Gasteiger partial charge in [-0.15, -0.1) is 0 Å². The molecule has 1 amide bonds. The summed E-state index contributed by atoms with van der Waals surface area (Å²) in [5.74, 6) is -1.83. The van der Waals surface area contributed by atoms with E-state index >= 15 is 0 Å². The molecule has 0 spiro atoms. The van der Waals surface area contributed by atoms with Crippen LogP contribution in [0.4, 0.5) is 0 Å². The Labute approximate surface area is 124 Å². The predicted molar refractivity (Wildman–Crippen MR) is 78.8 cm³/mol. The standard InChI is InChI=1S/C17H21NO3/c1-17(2)9-14(12-5-3-4-6-13(12)17)18-15(19)10-7-8-11(10)16(20)21/h3-6,10-11,14H,7-9H2,1-2H3,(H,18,19)(H,20,21). The second kappa shape index (κ2) is 4.86. The number of benzene rings is 1. The molecule has 3 atom stereocenters. The fourth-order valence-corrected chi connectivity index (χ4v) is 3.66. The molecule has 4 nitrogen and oxygen atoms in total. The van der Waals surface area contributed by atoms with Gasteiger partial charge >= 0.3 is 5.97 Å². The van der Waals surface area contributed by atoms with Crippen molar-refractivity contribution in [3.05, 3.63) is 35.4 Å². The molecule has 0 bridgehead atoms. The van der Waals surface area contributed by atoms with Crippen LogP contribution in [0.5, 0.6) is 0 Å². The molecule has 0 saturated heterocycles. The second-order valence-electron chi connectivity index (χ2n) is 6.87. The average molecular weight is 287 g/mol. The van der Waals surface area contributed by atoms with Crippen molar-refractivity contribution in [2.24, 2.45) is 11.8 Å². The zero-order valence-electron chi connectivity index (χ0n) is 12.4. The molecule has 0 aromatic heterocycles. The van der Waals surface area contributed by atoms with Crippen molar-refractivity contribution in [3.8, 4) is 0 Å². The minimum atomic E-state index is -0.853. The summed E-state index contributed by atoms with van der Waals surface area (Å²) >= 11 is 0. The van der Waals surface area contributed by atoms with Gasteiger partial charge in [-0.2, -0.15) is 0 Å². The van der Waals surface area contributed by atoms with Crippen molar-refractivity contribution in [2.45, 2.75) is 44.6 Å². The van der Waals surface area contributed by atoms with E-state index < -0.39 is 11.9 Å². The Morgan fingerprint density at radius 2 is 1.86 bits per heavy atom. The molecule has 1 aromatic carbocycles. The van der Waals surface area contributed by atoms with E-state index in [2.05, 4.69) is 31.3 Å². The van der Waals surface area contributed by atoms with Crippen molar-refractivity contribution >= 4 is 11.9 Å². The molecule has 21 heavy (non-hydrogen) atoms. The average Bonchev–Trinajstić information content (AvgIpc) is 2.59. The highest BCUT2D eigenvalue weighted by Crippen LogP contribution is 2.45. The van der Waals surface area contributed by atoms with E-state index in [4.69, 9.17) is 5.11 Å². The van der Waals surface area contributed by atoms with Crippen molar-refractivity contribution in [3.63, 3.8) is 0 Å². The summed E-state index contributed by atoms with van der Waals surface area (Å²) in [4.78, 5) is 23.4. The van der Waals surface area contributed by atoms with Crippen molar-refractivity contribution in [1.82, 2.24) is 5.32 Å². The Bertz CT molecular complexity index is 593. The zero-order valence-corrected chi connectivity index (χ0v) is 12.4. The van der Waals surface area contributed by atoms with Gasteiger partial charge in [-0.05, 0) is 35.8 Å². The van der Waals surface area contributed by atoms with E-state index in [1.807, 2.05) is 12.1 Å². The van der Waals surface area contributed by atoms with Gasteiger partial charge in [-0.25, -0.2) is 0 Å². The SMILES string of the molecule is CC1(C)CC(NC(=O)C2CCC2C(=O)O)c2ccccc21. The van der Waals surface area contributed by atoms with Gasteiger partial charge in [0, 0.05) is 0 Å². The number of amides is 1. The van der Waals surface area contributed by atoms with Crippen LogP contribution in [0.1, 0.15) is 50.3 Å². The third-order valence-electron chi connectivity index (χ3n) is 5.02. The Morgan fingerprint density at radius 1 is 1.19 bits per heavy atom. The second-order valence-corrected chi connectivity index (χ2v) is 6.87. The normalized spacial score (nSPS) is 29.3. The maximum atomic E-state index is 12.3. The first-order valence-electron chi connectivity index (χ1n) is 7.53. The Balaban J connectivity index is 1.75. The number of nitrogens with one attached hydrogen (secondary N) is 1. The van der Waals surface area contributed by atoms with E-state index in [0.717, 1.165) is 6.42 Å². The molecule has 1 saturated carbocycles. The molecular weight excluding hydrogens is 266 g/mol. The topological polar surface area (TPSA) is 66.4 Å². The summed E-state index contributed by atoms with van der Waals surface area (Å²) in [7, 11) is 0. The maximum Gasteiger partial charge on any atom is 0.307 e. The molecular formula is C17H21NO3.